The highest BCUT2D eigenvalue weighted by atomic mass is 19.4. The summed E-state index contributed by atoms with van der Waals surface area (Å²) in [6, 6.07) is 14.3. The van der Waals surface area contributed by atoms with Gasteiger partial charge in [-0.3, -0.25) is 9.59 Å². The summed E-state index contributed by atoms with van der Waals surface area (Å²) in [6.45, 7) is 0. The average Bonchev–Trinajstić information content (AvgIpc) is 3.09. The van der Waals surface area contributed by atoms with E-state index in [1.807, 2.05) is 6.07 Å². The molecule has 0 atom stereocenters. The second-order valence-electron chi connectivity index (χ2n) is 5.82. The average molecular weight is 383 g/mol. The first-order chi connectivity index (χ1) is 13.3. The second kappa shape index (κ2) is 7.40. The van der Waals surface area contributed by atoms with E-state index in [1.165, 1.54) is 36.5 Å². The molecular formula is C20H12F3N3O2. The molecule has 0 aliphatic rings. The standard InChI is InChI=1S/C20H12F3N3O2/c21-20(22,23)19(28)26-14-5-3-4-12(9-14)8-13(10-24)18(27)16-11-25-17-7-2-1-6-15(16)17/h1-9,11,25H,(H,26,28)/b13-8+. The van der Waals surface area contributed by atoms with E-state index < -0.39 is 17.9 Å². The number of H-pyrrole nitrogens is 1. The molecule has 1 heterocycles. The molecule has 2 aromatic carbocycles. The van der Waals surface area contributed by atoms with Crippen molar-refractivity contribution in [3.05, 3.63) is 71.4 Å². The summed E-state index contributed by atoms with van der Waals surface area (Å²) >= 11 is 0. The number of aromatic amines is 1. The molecule has 3 aromatic rings. The molecule has 3 rings (SSSR count). The van der Waals surface area contributed by atoms with Crippen molar-refractivity contribution < 1.29 is 22.8 Å². The van der Waals surface area contributed by atoms with Gasteiger partial charge in [0.05, 0.1) is 0 Å². The highest BCUT2D eigenvalue weighted by molar-refractivity contribution is 6.19. The van der Waals surface area contributed by atoms with E-state index in [0.717, 1.165) is 5.52 Å². The summed E-state index contributed by atoms with van der Waals surface area (Å²) in [5.41, 5.74) is 1.05. The Bertz CT molecular complexity index is 1140. The molecular weight excluding hydrogens is 371 g/mol. The van der Waals surface area contributed by atoms with E-state index in [4.69, 9.17) is 0 Å². The molecule has 0 aliphatic carbocycles. The van der Waals surface area contributed by atoms with Gasteiger partial charge in [-0.25, -0.2) is 0 Å². The lowest BCUT2D eigenvalue weighted by molar-refractivity contribution is -0.167. The number of hydrogen-bond acceptors (Lipinski definition) is 3. The van der Waals surface area contributed by atoms with Crippen LogP contribution in [0.4, 0.5) is 18.9 Å². The van der Waals surface area contributed by atoms with Crippen LogP contribution in [0.15, 0.2) is 60.3 Å². The van der Waals surface area contributed by atoms with Crippen LogP contribution in [0, 0.1) is 11.3 Å². The number of aromatic nitrogens is 1. The second-order valence-corrected chi connectivity index (χ2v) is 5.82. The van der Waals surface area contributed by atoms with Crippen molar-refractivity contribution >= 4 is 34.4 Å². The Balaban J connectivity index is 1.91. The predicted octanol–water partition coefficient (Wildman–Crippen LogP) is 4.46. The van der Waals surface area contributed by atoms with Crippen molar-refractivity contribution in [2.24, 2.45) is 0 Å². The van der Waals surface area contributed by atoms with Gasteiger partial charge in [0.15, 0.2) is 0 Å². The minimum atomic E-state index is -5.02. The summed E-state index contributed by atoms with van der Waals surface area (Å²) < 4.78 is 37.1. The molecule has 2 N–H and O–H groups in total. The molecule has 0 fully saturated rings. The number of alkyl halides is 3. The molecule has 140 valence electrons. The first kappa shape index (κ1) is 18.9. The Kier molecular flexibility index (Phi) is 5.00. The number of nitrogens with zero attached hydrogens (tertiary/aromatic N) is 1. The van der Waals surface area contributed by atoms with Gasteiger partial charge in [-0.15, -0.1) is 0 Å². The third-order valence-corrected chi connectivity index (χ3v) is 3.91. The number of para-hydroxylation sites is 1. The lowest BCUT2D eigenvalue weighted by Gasteiger charge is -2.08. The molecule has 0 saturated carbocycles. The maximum Gasteiger partial charge on any atom is 0.471 e. The van der Waals surface area contributed by atoms with E-state index >= 15 is 0 Å². The summed E-state index contributed by atoms with van der Waals surface area (Å²) in [4.78, 5) is 26.7. The van der Waals surface area contributed by atoms with Crippen LogP contribution in [0.2, 0.25) is 0 Å². The Labute approximate surface area is 157 Å². The van der Waals surface area contributed by atoms with E-state index in [-0.39, 0.29) is 11.3 Å². The zero-order valence-electron chi connectivity index (χ0n) is 14.2. The SMILES string of the molecule is N#C/C(=C\c1cccc(NC(=O)C(F)(F)F)c1)C(=O)c1c[nH]c2ccccc12. The maximum atomic E-state index is 12.7. The van der Waals surface area contributed by atoms with Crippen molar-refractivity contribution in [2.75, 3.05) is 5.32 Å². The number of fused-ring (bicyclic) bond motifs is 1. The number of ketones is 1. The number of allylic oxidation sites excluding steroid dienone is 1. The maximum absolute atomic E-state index is 12.7. The van der Waals surface area contributed by atoms with Crippen LogP contribution in [-0.2, 0) is 4.79 Å². The molecule has 0 radical (unpaired) electrons. The lowest BCUT2D eigenvalue weighted by atomic mass is 10.0. The number of hydrogen-bond donors (Lipinski definition) is 2. The normalized spacial score (nSPS) is 11.9. The molecule has 8 heteroatoms. The Hall–Kier alpha value is -3.86. The number of carbonyl (C=O) groups excluding carboxylic acids is 2. The van der Waals surface area contributed by atoms with Crippen molar-refractivity contribution in [1.82, 2.24) is 4.98 Å². The summed E-state index contributed by atoms with van der Waals surface area (Å²) in [6.07, 6.45) is -2.26. The van der Waals surface area contributed by atoms with E-state index in [1.54, 1.807) is 29.6 Å². The number of Topliss-reactive ketones (excluding diaryl/α,β-unsaturated/α-hetero) is 1. The van der Waals surface area contributed by atoms with E-state index in [2.05, 4.69) is 4.98 Å². The first-order valence-electron chi connectivity index (χ1n) is 8.00. The zero-order chi connectivity index (χ0) is 20.3. The van der Waals surface area contributed by atoms with Crippen molar-refractivity contribution in [3.63, 3.8) is 0 Å². The van der Waals surface area contributed by atoms with Gasteiger partial charge in [-0.05, 0) is 29.8 Å². The summed E-state index contributed by atoms with van der Waals surface area (Å²) in [5.74, 6) is -2.63. The van der Waals surface area contributed by atoms with Crippen molar-refractivity contribution in [1.29, 1.82) is 5.26 Å². The van der Waals surface area contributed by atoms with Crippen LogP contribution in [0.1, 0.15) is 15.9 Å². The van der Waals surface area contributed by atoms with Gasteiger partial charge in [0.25, 0.3) is 0 Å². The third kappa shape index (κ3) is 3.94. The molecule has 0 bridgehead atoms. The number of amides is 1. The molecule has 0 saturated heterocycles. The first-order valence-corrected chi connectivity index (χ1v) is 8.00. The molecule has 1 aromatic heterocycles. The number of benzene rings is 2. The number of rotatable bonds is 4. The van der Waals surface area contributed by atoms with Crippen LogP contribution >= 0.6 is 0 Å². The third-order valence-electron chi connectivity index (χ3n) is 3.91. The van der Waals surface area contributed by atoms with Crippen LogP contribution in [-0.4, -0.2) is 22.9 Å². The van der Waals surface area contributed by atoms with Crippen molar-refractivity contribution in [2.45, 2.75) is 6.18 Å². The Morgan fingerprint density at radius 1 is 1.11 bits per heavy atom. The fraction of sp³-hybridized carbons (Fsp3) is 0.0500. The minimum absolute atomic E-state index is 0.104. The van der Waals surface area contributed by atoms with Gasteiger partial charge in [0.2, 0.25) is 5.78 Å². The highest BCUT2D eigenvalue weighted by Crippen LogP contribution is 2.23. The highest BCUT2D eigenvalue weighted by Gasteiger charge is 2.38. The molecule has 0 aliphatic heterocycles. The molecule has 5 nitrogen and oxygen atoms in total. The number of nitrogens with one attached hydrogen (secondary N) is 2. The van der Waals surface area contributed by atoms with Crippen LogP contribution in [0.3, 0.4) is 0 Å². The fourth-order valence-electron chi connectivity index (χ4n) is 2.63. The number of nitriles is 1. The summed E-state index contributed by atoms with van der Waals surface area (Å²) in [5, 5.41) is 11.8. The molecule has 0 spiro atoms. The fourth-order valence-corrected chi connectivity index (χ4v) is 2.63. The van der Waals surface area contributed by atoms with Gasteiger partial charge >= 0.3 is 12.1 Å². The Morgan fingerprint density at radius 3 is 2.57 bits per heavy atom. The molecule has 1 amide bonds. The minimum Gasteiger partial charge on any atom is -0.360 e. The number of carbonyl (C=O) groups is 2. The smallest absolute Gasteiger partial charge is 0.360 e. The van der Waals surface area contributed by atoms with E-state index in [9.17, 15) is 28.0 Å². The Morgan fingerprint density at radius 2 is 1.86 bits per heavy atom. The summed E-state index contributed by atoms with van der Waals surface area (Å²) in [7, 11) is 0. The zero-order valence-corrected chi connectivity index (χ0v) is 14.2. The van der Waals surface area contributed by atoms with Crippen LogP contribution < -0.4 is 5.32 Å². The van der Waals surface area contributed by atoms with Gasteiger partial charge < -0.3 is 10.3 Å². The lowest BCUT2D eigenvalue weighted by Crippen LogP contribution is -2.29. The van der Waals surface area contributed by atoms with Gasteiger partial charge in [0.1, 0.15) is 11.6 Å². The van der Waals surface area contributed by atoms with Crippen LogP contribution in [0.5, 0.6) is 0 Å². The largest absolute Gasteiger partial charge is 0.471 e. The number of halogens is 3. The quantitative estimate of drug-likeness (QED) is 0.396. The predicted molar refractivity (Wildman–Crippen MR) is 97.3 cm³/mol. The van der Waals surface area contributed by atoms with Crippen LogP contribution in [0.25, 0.3) is 17.0 Å². The number of anilines is 1. The van der Waals surface area contributed by atoms with Crippen molar-refractivity contribution in [3.8, 4) is 6.07 Å². The topological polar surface area (TPSA) is 85.8 Å². The van der Waals surface area contributed by atoms with Gasteiger partial charge in [-0.1, -0.05) is 30.3 Å². The van der Waals surface area contributed by atoms with E-state index in [0.29, 0.717) is 16.5 Å². The monoisotopic (exact) mass is 383 g/mol. The molecule has 28 heavy (non-hydrogen) atoms. The van der Waals surface area contributed by atoms with Gasteiger partial charge in [-0.2, -0.15) is 18.4 Å². The van der Waals surface area contributed by atoms with Gasteiger partial charge in [0, 0.05) is 28.4 Å². The molecule has 0 unspecified atom stereocenters.